The summed E-state index contributed by atoms with van der Waals surface area (Å²) in [5.41, 5.74) is 7.17. The van der Waals surface area contributed by atoms with Gasteiger partial charge in [0.1, 0.15) is 0 Å². The Morgan fingerprint density at radius 1 is 1.35 bits per heavy atom. The van der Waals surface area contributed by atoms with Crippen LogP contribution in [-0.4, -0.2) is 11.5 Å². The van der Waals surface area contributed by atoms with E-state index in [1.54, 1.807) is 0 Å². The fourth-order valence-corrected chi connectivity index (χ4v) is 3.71. The topological polar surface area (TPSA) is 38.9 Å². The Kier molecular flexibility index (Phi) is 4.21. The summed E-state index contributed by atoms with van der Waals surface area (Å²) in [6, 6.07) is 0. The molecule has 1 aromatic heterocycles. The Bertz CT molecular complexity index is 351. The molecule has 1 aromatic rings. The van der Waals surface area contributed by atoms with E-state index in [0.29, 0.717) is 0 Å². The maximum absolute atomic E-state index is 5.68. The summed E-state index contributed by atoms with van der Waals surface area (Å²) >= 11 is 1.82. The second-order valence-corrected chi connectivity index (χ2v) is 6.69. The fourth-order valence-electron chi connectivity index (χ4n) is 2.65. The maximum Gasteiger partial charge on any atom is 0.0985 e. The molecule has 3 heteroatoms. The van der Waals surface area contributed by atoms with Gasteiger partial charge in [0.15, 0.2) is 0 Å². The van der Waals surface area contributed by atoms with Gasteiger partial charge < -0.3 is 5.73 Å². The summed E-state index contributed by atoms with van der Waals surface area (Å²) in [6.07, 6.45) is 7.85. The number of nitrogens with zero attached hydrogens (tertiary/aromatic N) is 1. The molecule has 17 heavy (non-hydrogen) atoms. The molecule has 2 rings (SSSR count). The fraction of sp³-hybridized carbons (Fsp3) is 0.786. The van der Waals surface area contributed by atoms with Gasteiger partial charge in [0.2, 0.25) is 0 Å². The van der Waals surface area contributed by atoms with Gasteiger partial charge >= 0.3 is 0 Å². The summed E-state index contributed by atoms with van der Waals surface area (Å²) in [6.45, 7) is 5.25. The summed E-state index contributed by atoms with van der Waals surface area (Å²) in [5, 5.41) is 3.55. The molecule has 0 spiro atoms. The van der Waals surface area contributed by atoms with Crippen molar-refractivity contribution < 1.29 is 0 Å². The van der Waals surface area contributed by atoms with Gasteiger partial charge in [-0.15, -0.1) is 11.3 Å². The van der Waals surface area contributed by atoms with Crippen LogP contribution in [-0.2, 0) is 5.41 Å². The van der Waals surface area contributed by atoms with Crippen LogP contribution in [0.25, 0.3) is 0 Å². The van der Waals surface area contributed by atoms with Crippen molar-refractivity contribution in [1.29, 1.82) is 0 Å². The highest BCUT2D eigenvalue weighted by Gasteiger charge is 2.25. The molecule has 1 fully saturated rings. The summed E-state index contributed by atoms with van der Waals surface area (Å²) in [4.78, 5) is 4.89. The first-order valence-corrected chi connectivity index (χ1v) is 7.67. The smallest absolute Gasteiger partial charge is 0.0985 e. The molecule has 1 aliphatic rings. The monoisotopic (exact) mass is 252 g/mol. The van der Waals surface area contributed by atoms with E-state index in [0.717, 1.165) is 18.9 Å². The van der Waals surface area contributed by atoms with Crippen LogP contribution in [0.3, 0.4) is 0 Å². The minimum atomic E-state index is 0.145. The van der Waals surface area contributed by atoms with E-state index in [9.17, 15) is 0 Å². The Balaban J connectivity index is 2.09. The number of hydrogen-bond donors (Lipinski definition) is 1. The van der Waals surface area contributed by atoms with E-state index >= 15 is 0 Å². The van der Waals surface area contributed by atoms with Crippen LogP contribution < -0.4 is 5.73 Å². The van der Waals surface area contributed by atoms with Crippen LogP contribution in [0.2, 0.25) is 0 Å². The van der Waals surface area contributed by atoms with E-state index in [1.165, 1.54) is 42.8 Å². The van der Waals surface area contributed by atoms with E-state index < -0.39 is 0 Å². The SMILES string of the molecule is CC(C)(CCN)c1nc(C2CCCCC2)cs1. The summed E-state index contributed by atoms with van der Waals surface area (Å²) in [5.74, 6) is 0.724. The van der Waals surface area contributed by atoms with Gasteiger partial charge in [-0.1, -0.05) is 33.1 Å². The molecule has 0 saturated heterocycles. The lowest BCUT2D eigenvalue weighted by molar-refractivity contribution is 0.432. The van der Waals surface area contributed by atoms with Crippen LogP contribution in [0.15, 0.2) is 5.38 Å². The van der Waals surface area contributed by atoms with E-state index in [1.807, 2.05) is 11.3 Å². The van der Waals surface area contributed by atoms with Crippen molar-refractivity contribution in [1.82, 2.24) is 4.98 Å². The Morgan fingerprint density at radius 2 is 2.06 bits per heavy atom. The number of hydrogen-bond acceptors (Lipinski definition) is 3. The highest BCUT2D eigenvalue weighted by atomic mass is 32.1. The summed E-state index contributed by atoms with van der Waals surface area (Å²) < 4.78 is 0. The van der Waals surface area contributed by atoms with Gasteiger partial charge in [0.05, 0.1) is 10.7 Å². The number of rotatable bonds is 4. The molecule has 1 aliphatic carbocycles. The van der Waals surface area contributed by atoms with Crippen molar-refractivity contribution in [2.24, 2.45) is 5.73 Å². The summed E-state index contributed by atoms with van der Waals surface area (Å²) in [7, 11) is 0. The van der Waals surface area contributed by atoms with Crippen LogP contribution in [0.5, 0.6) is 0 Å². The first-order chi connectivity index (χ1) is 8.13. The Hall–Kier alpha value is -0.410. The number of nitrogens with two attached hydrogens (primary N) is 1. The minimum absolute atomic E-state index is 0.145. The Labute approximate surface area is 109 Å². The van der Waals surface area contributed by atoms with Crippen molar-refractivity contribution in [3.8, 4) is 0 Å². The maximum atomic E-state index is 5.68. The van der Waals surface area contributed by atoms with Gasteiger partial charge in [0, 0.05) is 16.7 Å². The first-order valence-electron chi connectivity index (χ1n) is 6.79. The molecular formula is C14H24N2S. The molecular weight excluding hydrogens is 228 g/mol. The second kappa shape index (κ2) is 5.49. The predicted octanol–water partition coefficient (Wildman–Crippen LogP) is 3.82. The highest BCUT2D eigenvalue weighted by Crippen LogP contribution is 2.36. The average Bonchev–Trinajstić information content (AvgIpc) is 2.80. The van der Waals surface area contributed by atoms with Crippen molar-refractivity contribution >= 4 is 11.3 Å². The zero-order valence-electron chi connectivity index (χ0n) is 11.0. The van der Waals surface area contributed by atoms with Crippen molar-refractivity contribution in [3.63, 3.8) is 0 Å². The first kappa shape index (κ1) is 13.0. The van der Waals surface area contributed by atoms with Gasteiger partial charge in [-0.2, -0.15) is 0 Å². The normalized spacial score (nSPS) is 18.5. The predicted molar refractivity (Wildman–Crippen MR) is 74.6 cm³/mol. The molecule has 0 aliphatic heterocycles. The second-order valence-electron chi connectivity index (χ2n) is 5.84. The third-order valence-electron chi connectivity index (χ3n) is 3.89. The molecule has 0 radical (unpaired) electrons. The standard InChI is InChI=1S/C14H24N2S/c1-14(2,8-9-15)13-16-12(10-17-13)11-6-4-3-5-7-11/h10-11H,3-9,15H2,1-2H3. The lowest BCUT2D eigenvalue weighted by Crippen LogP contribution is -2.21. The molecule has 1 saturated carbocycles. The van der Waals surface area contributed by atoms with Gasteiger partial charge in [-0.3, -0.25) is 0 Å². The largest absolute Gasteiger partial charge is 0.330 e. The average molecular weight is 252 g/mol. The zero-order chi connectivity index (χ0) is 12.3. The lowest BCUT2D eigenvalue weighted by atomic mass is 9.87. The van der Waals surface area contributed by atoms with Crippen LogP contribution in [0, 0.1) is 0 Å². The molecule has 0 bridgehead atoms. The van der Waals surface area contributed by atoms with Crippen LogP contribution in [0.4, 0.5) is 0 Å². The molecule has 0 amide bonds. The molecule has 2 N–H and O–H groups in total. The number of thiazole rings is 1. The zero-order valence-corrected chi connectivity index (χ0v) is 11.9. The lowest BCUT2D eigenvalue weighted by Gasteiger charge is -2.22. The van der Waals surface area contributed by atoms with Crippen molar-refractivity contribution in [2.45, 2.75) is 63.7 Å². The van der Waals surface area contributed by atoms with Crippen LogP contribution in [0.1, 0.15) is 69.0 Å². The Morgan fingerprint density at radius 3 is 2.71 bits per heavy atom. The van der Waals surface area contributed by atoms with E-state index in [4.69, 9.17) is 10.7 Å². The minimum Gasteiger partial charge on any atom is -0.330 e. The third-order valence-corrected chi connectivity index (χ3v) is 5.12. The van der Waals surface area contributed by atoms with Crippen molar-refractivity contribution in [3.05, 3.63) is 16.1 Å². The van der Waals surface area contributed by atoms with E-state index in [-0.39, 0.29) is 5.41 Å². The molecule has 96 valence electrons. The van der Waals surface area contributed by atoms with E-state index in [2.05, 4.69) is 19.2 Å². The quantitative estimate of drug-likeness (QED) is 0.885. The van der Waals surface area contributed by atoms with Gasteiger partial charge in [-0.25, -0.2) is 4.98 Å². The van der Waals surface area contributed by atoms with Gasteiger partial charge in [0.25, 0.3) is 0 Å². The molecule has 0 atom stereocenters. The molecule has 0 unspecified atom stereocenters. The molecule has 0 aromatic carbocycles. The van der Waals surface area contributed by atoms with Gasteiger partial charge in [-0.05, 0) is 25.8 Å². The highest BCUT2D eigenvalue weighted by molar-refractivity contribution is 7.09. The van der Waals surface area contributed by atoms with Crippen LogP contribution >= 0.6 is 11.3 Å². The molecule has 1 heterocycles. The third kappa shape index (κ3) is 3.08. The van der Waals surface area contributed by atoms with Crippen molar-refractivity contribution in [2.75, 3.05) is 6.54 Å². The molecule has 2 nitrogen and oxygen atoms in total. The number of aromatic nitrogens is 1.